The van der Waals surface area contributed by atoms with Gasteiger partial charge in [0.15, 0.2) is 0 Å². The minimum Gasteiger partial charge on any atom is -0.506 e. The Morgan fingerprint density at radius 1 is 1.32 bits per heavy atom. The number of halogens is 1. The second-order valence-electron chi connectivity index (χ2n) is 3.86. The molecule has 0 spiro atoms. The predicted octanol–water partition coefficient (Wildman–Crippen LogP) is 0.812. The predicted molar refractivity (Wildman–Crippen MR) is 71.3 cm³/mol. The third-order valence-corrected chi connectivity index (χ3v) is 3.05. The van der Waals surface area contributed by atoms with Crippen LogP contribution in [-0.4, -0.2) is 40.1 Å². The van der Waals surface area contributed by atoms with Gasteiger partial charge in [-0.3, -0.25) is 14.5 Å². The summed E-state index contributed by atoms with van der Waals surface area (Å²) < 4.78 is 0.720. The molecule has 3 N–H and O–H groups in total. The van der Waals surface area contributed by atoms with E-state index in [0.29, 0.717) is 5.69 Å². The first kappa shape index (κ1) is 13.6. The van der Waals surface area contributed by atoms with Crippen molar-refractivity contribution in [2.75, 3.05) is 18.5 Å². The quantitative estimate of drug-likeness (QED) is 0.563. The molecule has 1 aliphatic heterocycles. The minimum atomic E-state index is -0.529. The Kier molecular flexibility index (Phi) is 3.87. The molecule has 0 bridgehead atoms. The van der Waals surface area contributed by atoms with Crippen LogP contribution < -0.4 is 5.32 Å². The maximum atomic E-state index is 11.9. The third kappa shape index (κ3) is 2.77. The number of phenolic OH excluding ortho intramolecular Hbond substituents is 1. The number of phenols is 1. The number of nitrogens with zero attached hydrogens (tertiary/aromatic N) is 1. The number of nitrogens with one attached hydrogen (secondary N) is 1. The van der Waals surface area contributed by atoms with Gasteiger partial charge in [-0.2, -0.15) is 0 Å². The van der Waals surface area contributed by atoms with Gasteiger partial charge >= 0.3 is 0 Å². The van der Waals surface area contributed by atoms with Crippen molar-refractivity contribution in [2.24, 2.45) is 0 Å². The van der Waals surface area contributed by atoms with Crippen LogP contribution in [0.5, 0.6) is 5.75 Å². The number of carbonyl (C=O) groups excluding carboxylic acids is 2. The molecule has 19 heavy (non-hydrogen) atoms. The summed E-state index contributed by atoms with van der Waals surface area (Å²) in [6.07, 6.45) is 1.14. The highest BCUT2D eigenvalue weighted by Gasteiger charge is 2.30. The lowest BCUT2D eigenvalue weighted by molar-refractivity contribution is -0.137. The van der Waals surface area contributed by atoms with E-state index in [9.17, 15) is 14.7 Å². The number of aromatic hydroxyl groups is 1. The van der Waals surface area contributed by atoms with Crippen molar-refractivity contribution in [3.05, 3.63) is 34.4 Å². The highest BCUT2D eigenvalue weighted by molar-refractivity contribution is 9.10. The summed E-state index contributed by atoms with van der Waals surface area (Å²) in [5, 5.41) is 21.1. The Bertz CT molecular complexity index is 571. The van der Waals surface area contributed by atoms with Gasteiger partial charge in [0.25, 0.3) is 11.8 Å². The zero-order valence-electron chi connectivity index (χ0n) is 9.76. The number of hydrogen-bond donors (Lipinski definition) is 3. The molecule has 7 heteroatoms. The smallest absolute Gasteiger partial charge is 0.277 e. The SMILES string of the molecule is O=C1C=C(Nc2cc(Br)ccc2O)C(=O)N1CCO. The first-order chi connectivity index (χ1) is 9.02. The van der Waals surface area contributed by atoms with Crippen LogP contribution >= 0.6 is 15.9 Å². The summed E-state index contributed by atoms with van der Waals surface area (Å²) in [6.45, 7) is -0.343. The van der Waals surface area contributed by atoms with Gasteiger partial charge in [-0.25, -0.2) is 0 Å². The number of aliphatic hydroxyl groups excluding tert-OH is 1. The molecule has 1 aromatic carbocycles. The van der Waals surface area contributed by atoms with Crippen molar-refractivity contribution in [3.8, 4) is 5.75 Å². The molecule has 2 rings (SSSR count). The summed E-state index contributed by atoms with van der Waals surface area (Å²) >= 11 is 3.24. The summed E-state index contributed by atoms with van der Waals surface area (Å²) in [6, 6.07) is 4.69. The molecule has 100 valence electrons. The zero-order valence-corrected chi connectivity index (χ0v) is 11.3. The number of β-amino-alcohol motifs (C(OH)–C–C–N with tert-alkyl or cyclic N) is 1. The second-order valence-corrected chi connectivity index (χ2v) is 4.78. The van der Waals surface area contributed by atoms with E-state index in [-0.39, 0.29) is 24.6 Å². The molecule has 6 nitrogen and oxygen atoms in total. The van der Waals surface area contributed by atoms with Crippen molar-refractivity contribution in [2.45, 2.75) is 0 Å². The fourth-order valence-electron chi connectivity index (χ4n) is 1.66. The van der Waals surface area contributed by atoms with Gasteiger partial charge in [0.2, 0.25) is 0 Å². The standard InChI is InChI=1S/C12H11BrN2O4/c13-7-1-2-10(17)8(5-7)14-9-6-11(18)15(3-4-16)12(9)19/h1-2,5-6,14,16-17H,3-4H2. The van der Waals surface area contributed by atoms with E-state index < -0.39 is 11.8 Å². The van der Waals surface area contributed by atoms with Crippen LogP contribution in [0.1, 0.15) is 0 Å². The topological polar surface area (TPSA) is 89.9 Å². The van der Waals surface area contributed by atoms with E-state index in [0.717, 1.165) is 15.4 Å². The number of rotatable bonds is 4. The number of anilines is 1. The van der Waals surface area contributed by atoms with Crippen LogP contribution in [-0.2, 0) is 9.59 Å². The molecule has 0 unspecified atom stereocenters. The zero-order chi connectivity index (χ0) is 14.0. The molecule has 0 fully saturated rings. The van der Waals surface area contributed by atoms with E-state index in [4.69, 9.17) is 5.11 Å². The minimum absolute atomic E-state index is 0.0371. The van der Waals surface area contributed by atoms with E-state index in [1.807, 2.05) is 0 Å². The van der Waals surface area contributed by atoms with Crippen molar-refractivity contribution in [1.29, 1.82) is 0 Å². The lowest BCUT2D eigenvalue weighted by Gasteiger charge is -2.13. The van der Waals surface area contributed by atoms with Gasteiger partial charge < -0.3 is 15.5 Å². The van der Waals surface area contributed by atoms with E-state index in [2.05, 4.69) is 21.2 Å². The highest BCUT2D eigenvalue weighted by atomic mass is 79.9. The van der Waals surface area contributed by atoms with Gasteiger partial charge in [-0.15, -0.1) is 0 Å². The van der Waals surface area contributed by atoms with Crippen molar-refractivity contribution in [3.63, 3.8) is 0 Å². The molecule has 0 atom stereocenters. The first-order valence-electron chi connectivity index (χ1n) is 5.47. The number of carbonyl (C=O) groups is 2. The third-order valence-electron chi connectivity index (χ3n) is 2.56. The van der Waals surface area contributed by atoms with Gasteiger partial charge in [0.05, 0.1) is 18.8 Å². The number of imide groups is 1. The van der Waals surface area contributed by atoms with Gasteiger partial charge in [0.1, 0.15) is 11.4 Å². The van der Waals surface area contributed by atoms with Crippen LogP contribution in [0, 0.1) is 0 Å². The second kappa shape index (κ2) is 5.41. The van der Waals surface area contributed by atoms with Crippen molar-refractivity contribution in [1.82, 2.24) is 4.90 Å². The van der Waals surface area contributed by atoms with Crippen molar-refractivity contribution >= 4 is 33.4 Å². The summed E-state index contributed by atoms with van der Waals surface area (Å²) in [4.78, 5) is 24.3. The summed E-state index contributed by atoms with van der Waals surface area (Å²) in [5.41, 5.74) is 0.375. The maximum absolute atomic E-state index is 11.9. The molecule has 0 aliphatic carbocycles. The average molecular weight is 327 g/mol. The first-order valence-corrected chi connectivity index (χ1v) is 6.26. The van der Waals surface area contributed by atoms with Gasteiger partial charge in [-0.05, 0) is 18.2 Å². The molecule has 0 radical (unpaired) electrons. The molecular formula is C12H11BrN2O4. The number of amides is 2. The molecule has 0 saturated carbocycles. The molecular weight excluding hydrogens is 316 g/mol. The Morgan fingerprint density at radius 2 is 2.05 bits per heavy atom. The summed E-state index contributed by atoms with van der Waals surface area (Å²) in [7, 11) is 0. The van der Waals surface area contributed by atoms with Gasteiger partial charge in [0, 0.05) is 10.5 Å². The summed E-state index contributed by atoms with van der Waals surface area (Å²) in [5.74, 6) is -1.06. The van der Waals surface area contributed by atoms with Crippen LogP contribution in [0.4, 0.5) is 5.69 Å². The monoisotopic (exact) mass is 326 g/mol. The van der Waals surface area contributed by atoms with E-state index >= 15 is 0 Å². The normalized spacial score (nSPS) is 14.8. The van der Waals surface area contributed by atoms with Crippen LogP contribution in [0.3, 0.4) is 0 Å². The number of benzene rings is 1. The Hall–Kier alpha value is -1.86. The molecule has 1 aliphatic rings. The molecule has 2 amide bonds. The fraction of sp³-hybridized carbons (Fsp3) is 0.167. The Labute approximate surface area is 117 Å². The average Bonchev–Trinajstić information content (AvgIpc) is 2.62. The maximum Gasteiger partial charge on any atom is 0.277 e. The van der Waals surface area contributed by atoms with E-state index in [1.165, 1.54) is 6.07 Å². The highest BCUT2D eigenvalue weighted by Crippen LogP contribution is 2.29. The fourth-order valence-corrected chi connectivity index (χ4v) is 2.02. The molecule has 0 saturated heterocycles. The lowest BCUT2D eigenvalue weighted by Crippen LogP contribution is -2.34. The van der Waals surface area contributed by atoms with Crippen LogP contribution in [0.25, 0.3) is 0 Å². The van der Waals surface area contributed by atoms with Crippen molar-refractivity contribution < 1.29 is 19.8 Å². The number of hydrogen-bond acceptors (Lipinski definition) is 5. The lowest BCUT2D eigenvalue weighted by atomic mass is 10.3. The molecule has 1 aromatic rings. The van der Waals surface area contributed by atoms with Crippen LogP contribution in [0.2, 0.25) is 0 Å². The number of aliphatic hydroxyl groups is 1. The Morgan fingerprint density at radius 3 is 2.74 bits per heavy atom. The van der Waals surface area contributed by atoms with E-state index in [1.54, 1.807) is 12.1 Å². The largest absolute Gasteiger partial charge is 0.506 e. The molecule has 1 heterocycles. The van der Waals surface area contributed by atoms with Crippen LogP contribution in [0.15, 0.2) is 34.4 Å². The Balaban J connectivity index is 2.20. The van der Waals surface area contributed by atoms with Gasteiger partial charge in [-0.1, -0.05) is 15.9 Å². The molecule has 0 aromatic heterocycles.